The van der Waals surface area contributed by atoms with Crippen molar-refractivity contribution in [2.75, 3.05) is 7.11 Å². The van der Waals surface area contributed by atoms with Gasteiger partial charge in [-0.15, -0.1) is 10.2 Å². The second-order valence-electron chi connectivity index (χ2n) is 6.87. The Morgan fingerprint density at radius 3 is 2.67 bits per heavy atom. The number of hydrogen-bond acceptors (Lipinski definition) is 5. The highest BCUT2D eigenvalue weighted by Gasteiger charge is 2.18. The number of ether oxygens (including phenoxy) is 1. The van der Waals surface area contributed by atoms with Crippen LogP contribution in [0.3, 0.4) is 0 Å². The Morgan fingerprint density at radius 1 is 1.15 bits per heavy atom. The first-order valence-electron chi connectivity index (χ1n) is 8.75. The van der Waals surface area contributed by atoms with Gasteiger partial charge in [0, 0.05) is 12.1 Å². The van der Waals surface area contributed by atoms with Gasteiger partial charge in [0.2, 0.25) is 5.78 Å². The molecule has 0 aliphatic rings. The highest BCUT2D eigenvalue weighted by Crippen LogP contribution is 2.31. The molecule has 0 amide bonds. The van der Waals surface area contributed by atoms with Crippen LogP contribution in [0.2, 0.25) is 0 Å². The lowest BCUT2D eigenvalue weighted by Gasteiger charge is -2.13. The van der Waals surface area contributed by atoms with Crippen molar-refractivity contribution >= 4 is 16.7 Å². The standard InChI is InChI=1S/C20H20N4O3/c1-12(2)11-23-19(26)14-6-4-5-7-15(14)24-18(21-22-20(23)24)13-8-9-16(25)17(10-13)27-3/h4-10,12,25H,11H2,1-3H3. The Kier molecular flexibility index (Phi) is 4.07. The highest BCUT2D eigenvalue weighted by atomic mass is 16.5. The molecular weight excluding hydrogens is 344 g/mol. The third-order valence-electron chi connectivity index (χ3n) is 4.49. The molecule has 1 N–H and O–H groups in total. The van der Waals surface area contributed by atoms with Gasteiger partial charge in [-0.25, -0.2) is 0 Å². The Balaban J connectivity index is 2.10. The number of phenols is 1. The molecule has 0 radical (unpaired) electrons. The minimum absolute atomic E-state index is 0.0524. The van der Waals surface area contributed by atoms with E-state index in [1.165, 1.54) is 7.11 Å². The second-order valence-corrected chi connectivity index (χ2v) is 6.87. The van der Waals surface area contributed by atoms with Gasteiger partial charge in [-0.3, -0.25) is 13.8 Å². The Labute approximate surface area is 155 Å². The molecule has 138 valence electrons. The molecule has 0 aliphatic heterocycles. The fourth-order valence-electron chi connectivity index (χ4n) is 3.29. The van der Waals surface area contributed by atoms with Crippen LogP contribution < -0.4 is 10.3 Å². The summed E-state index contributed by atoms with van der Waals surface area (Å²) in [6, 6.07) is 12.4. The van der Waals surface area contributed by atoms with Gasteiger partial charge in [-0.05, 0) is 36.2 Å². The fourth-order valence-corrected chi connectivity index (χ4v) is 3.29. The first-order valence-corrected chi connectivity index (χ1v) is 8.75. The van der Waals surface area contributed by atoms with Crippen molar-refractivity contribution in [3.05, 3.63) is 52.8 Å². The minimum Gasteiger partial charge on any atom is -0.504 e. The van der Waals surface area contributed by atoms with E-state index in [2.05, 4.69) is 24.0 Å². The first kappa shape index (κ1) is 17.1. The minimum atomic E-state index is -0.0750. The Morgan fingerprint density at radius 2 is 1.93 bits per heavy atom. The molecule has 2 aromatic heterocycles. The SMILES string of the molecule is COc1cc(-c2nnc3n(CC(C)C)c(=O)c4ccccc4n23)ccc1O. The molecule has 0 unspecified atom stereocenters. The number of aromatic nitrogens is 4. The van der Waals surface area contributed by atoms with Crippen LogP contribution in [0.4, 0.5) is 0 Å². The molecule has 7 heteroatoms. The topological polar surface area (TPSA) is 81.7 Å². The van der Waals surface area contributed by atoms with Crippen LogP contribution in [-0.4, -0.2) is 31.4 Å². The zero-order chi connectivity index (χ0) is 19.1. The molecule has 0 fully saturated rings. The van der Waals surface area contributed by atoms with Gasteiger partial charge in [-0.2, -0.15) is 0 Å². The van der Waals surface area contributed by atoms with Crippen molar-refractivity contribution < 1.29 is 9.84 Å². The number of nitrogens with zero attached hydrogens (tertiary/aromatic N) is 4. The smallest absolute Gasteiger partial charge is 0.262 e. The quantitative estimate of drug-likeness (QED) is 0.602. The molecule has 2 aromatic carbocycles. The predicted octanol–water partition coefficient (Wildman–Crippen LogP) is 3.08. The van der Waals surface area contributed by atoms with Crippen LogP contribution in [0.5, 0.6) is 11.5 Å². The zero-order valence-corrected chi connectivity index (χ0v) is 15.4. The van der Waals surface area contributed by atoms with E-state index in [4.69, 9.17) is 4.74 Å². The van der Waals surface area contributed by atoms with E-state index >= 15 is 0 Å². The summed E-state index contributed by atoms with van der Waals surface area (Å²) in [5, 5.41) is 19.1. The summed E-state index contributed by atoms with van der Waals surface area (Å²) in [5.41, 5.74) is 1.40. The average Bonchev–Trinajstić information content (AvgIpc) is 3.10. The van der Waals surface area contributed by atoms with E-state index in [0.717, 1.165) is 11.1 Å². The molecule has 0 aliphatic carbocycles. The van der Waals surface area contributed by atoms with Crippen LogP contribution in [0.1, 0.15) is 13.8 Å². The molecule has 7 nitrogen and oxygen atoms in total. The maximum Gasteiger partial charge on any atom is 0.262 e. The van der Waals surface area contributed by atoms with Gasteiger partial charge < -0.3 is 9.84 Å². The fraction of sp³-hybridized carbons (Fsp3) is 0.250. The van der Waals surface area contributed by atoms with E-state index < -0.39 is 0 Å². The maximum atomic E-state index is 13.0. The van der Waals surface area contributed by atoms with Gasteiger partial charge in [0.25, 0.3) is 5.56 Å². The maximum absolute atomic E-state index is 13.0. The molecule has 2 heterocycles. The summed E-state index contributed by atoms with van der Waals surface area (Å²) >= 11 is 0. The van der Waals surface area contributed by atoms with Crippen molar-refractivity contribution in [2.24, 2.45) is 5.92 Å². The summed E-state index contributed by atoms with van der Waals surface area (Å²) in [6.45, 7) is 4.66. The number of methoxy groups -OCH3 is 1. The third-order valence-corrected chi connectivity index (χ3v) is 4.49. The van der Waals surface area contributed by atoms with E-state index in [1.54, 1.807) is 22.8 Å². The van der Waals surface area contributed by atoms with Crippen LogP contribution in [0.25, 0.3) is 28.1 Å². The molecule has 27 heavy (non-hydrogen) atoms. The third kappa shape index (κ3) is 2.71. The van der Waals surface area contributed by atoms with Crippen LogP contribution in [0, 0.1) is 5.92 Å². The molecule has 0 spiro atoms. The lowest BCUT2D eigenvalue weighted by molar-refractivity contribution is 0.373. The monoisotopic (exact) mass is 364 g/mol. The Hall–Kier alpha value is -3.35. The van der Waals surface area contributed by atoms with Crippen molar-refractivity contribution in [3.63, 3.8) is 0 Å². The van der Waals surface area contributed by atoms with Gasteiger partial charge in [0.05, 0.1) is 18.0 Å². The van der Waals surface area contributed by atoms with Crippen molar-refractivity contribution in [1.82, 2.24) is 19.2 Å². The number of fused-ring (bicyclic) bond motifs is 3. The summed E-state index contributed by atoms with van der Waals surface area (Å²) in [5.74, 6) is 1.76. The van der Waals surface area contributed by atoms with Crippen LogP contribution >= 0.6 is 0 Å². The number of hydrogen-bond donors (Lipinski definition) is 1. The number of para-hydroxylation sites is 1. The molecule has 0 bridgehead atoms. The van der Waals surface area contributed by atoms with Crippen molar-refractivity contribution in [3.8, 4) is 22.9 Å². The van der Waals surface area contributed by atoms with Gasteiger partial charge >= 0.3 is 0 Å². The highest BCUT2D eigenvalue weighted by molar-refractivity contribution is 5.82. The van der Waals surface area contributed by atoms with Crippen molar-refractivity contribution in [2.45, 2.75) is 20.4 Å². The first-order chi connectivity index (χ1) is 13.0. The second kappa shape index (κ2) is 6.42. The molecule has 0 saturated carbocycles. The lowest BCUT2D eigenvalue weighted by Crippen LogP contribution is -2.25. The zero-order valence-electron chi connectivity index (χ0n) is 15.4. The molecular formula is C20H20N4O3. The van der Waals surface area contributed by atoms with Gasteiger partial charge in [-0.1, -0.05) is 26.0 Å². The van der Waals surface area contributed by atoms with Gasteiger partial charge in [0.1, 0.15) is 0 Å². The molecule has 0 saturated heterocycles. The van der Waals surface area contributed by atoms with E-state index in [1.807, 2.05) is 28.7 Å². The van der Waals surface area contributed by atoms with Gasteiger partial charge in [0.15, 0.2) is 17.3 Å². The van der Waals surface area contributed by atoms with Crippen LogP contribution in [-0.2, 0) is 6.54 Å². The number of benzene rings is 2. The van der Waals surface area contributed by atoms with Crippen LogP contribution in [0.15, 0.2) is 47.3 Å². The van der Waals surface area contributed by atoms with E-state index in [-0.39, 0.29) is 17.2 Å². The number of rotatable bonds is 4. The molecule has 0 atom stereocenters. The lowest BCUT2D eigenvalue weighted by atomic mass is 10.1. The number of aromatic hydroxyl groups is 1. The molecule has 4 aromatic rings. The summed E-state index contributed by atoms with van der Waals surface area (Å²) in [7, 11) is 1.50. The van der Waals surface area contributed by atoms with Crippen molar-refractivity contribution in [1.29, 1.82) is 0 Å². The number of phenolic OH excluding ortho intramolecular Hbond substituents is 1. The normalized spacial score (nSPS) is 11.6. The Bertz CT molecular complexity index is 1210. The average molecular weight is 364 g/mol. The van der Waals surface area contributed by atoms with E-state index in [9.17, 15) is 9.90 Å². The summed E-state index contributed by atoms with van der Waals surface area (Å²) < 4.78 is 8.76. The summed E-state index contributed by atoms with van der Waals surface area (Å²) in [6.07, 6.45) is 0. The summed E-state index contributed by atoms with van der Waals surface area (Å²) in [4.78, 5) is 13.0. The largest absolute Gasteiger partial charge is 0.504 e. The van der Waals surface area contributed by atoms with E-state index in [0.29, 0.717) is 29.3 Å². The predicted molar refractivity (Wildman–Crippen MR) is 103 cm³/mol. The molecule has 4 rings (SSSR count).